The van der Waals surface area contributed by atoms with Crippen molar-refractivity contribution in [3.05, 3.63) is 40.1 Å². The molecule has 1 N–H and O–H groups in total. The Morgan fingerprint density at radius 2 is 1.96 bits per heavy atom. The number of carbonyl (C=O) groups is 2. The second kappa shape index (κ2) is 7.58. The predicted molar refractivity (Wildman–Crippen MR) is 108 cm³/mol. The van der Waals surface area contributed by atoms with Gasteiger partial charge in [0.25, 0.3) is 5.91 Å². The minimum Gasteiger partial charge on any atom is -0.431 e. The van der Waals surface area contributed by atoms with Crippen LogP contribution in [0.25, 0.3) is 5.57 Å². The highest BCUT2D eigenvalue weighted by Crippen LogP contribution is 2.44. The van der Waals surface area contributed by atoms with E-state index in [0.717, 1.165) is 34.4 Å². The van der Waals surface area contributed by atoms with E-state index in [-0.39, 0.29) is 12.0 Å². The number of ether oxygens (including phenoxy) is 2. The van der Waals surface area contributed by atoms with Crippen LogP contribution in [0.3, 0.4) is 0 Å². The fourth-order valence-corrected chi connectivity index (χ4v) is 5.16. The molecule has 27 heavy (non-hydrogen) atoms. The number of nitrogens with one attached hydrogen (secondary N) is 1. The summed E-state index contributed by atoms with van der Waals surface area (Å²) in [6.45, 7) is 9.77. The van der Waals surface area contributed by atoms with Crippen molar-refractivity contribution >= 4 is 29.4 Å². The fourth-order valence-electron chi connectivity index (χ4n) is 3.83. The van der Waals surface area contributed by atoms with Crippen molar-refractivity contribution < 1.29 is 19.1 Å². The lowest BCUT2D eigenvalue weighted by atomic mass is 9.90. The highest BCUT2D eigenvalue weighted by atomic mass is 32.2. The number of benzene rings is 1. The van der Waals surface area contributed by atoms with Crippen LogP contribution in [0.5, 0.6) is 0 Å². The summed E-state index contributed by atoms with van der Waals surface area (Å²) in [6.07, 6.45) is 0.466. The van der Waals surface area contributed by atoms with Crippen molar-refractivity contribution in [3.8, 4) is 0 Å². The second-order valence-electron chi connectivity index (χ2n) is 7.51. The van der Waals surface area contributed by atoms with Gasteiger partial charge >= 0.3 is 6.16 Å². The lowest BCUT2D eigenvalue weighted by molar-refractivity contribution is -0.116. The summed E-state index contributed by atoms with van der Waals surface area (Å²) in [7, 11) is 0. The van der Waals surface area contributed by atoms with E-state index in [0.29, 0.717) is 23.5 Å². The second-order valence-corrected chi connectivity index (χ2v) is 8.61. The summed E-state index contributed by atoms with van der Waals surface area (Å²) in [5.41, 5.74) is 3.81. The number of hydrogen-bond donors (Lipinski definition) is 1. The van der Waals surface area contributed by atoms with Gasteiger partial charge in [0.2, 0.25) is 0 Å². The van der Waals surface area contributed by atoms with Crippen LogP contribution >= 0.6 is 11.8 Å². The van der Waals surface area contributed by atoms with Crippen LogP contribution in [0.4, 0.5) is 4.79 Å². The minimum atomic E-state index is -0.743. The molecular weight excluding hydrogens is 362 g/mol. The number of carbonyl (C=O) groups excluding carboxylic acids is 2. The van der Waals surface area contributed by atoms with Crippen molar-refractivity contribution in [2.45, 2.75) is 59.1 Å². The molecule has 3 rings (SSSR count). The Hall–Kier alpha value is -1.95. The lowest BCUT2D eigenvalue weighted by Crippen LogP contribution is -2.45. The Bertz CT molecular complexity index is 785. The van der Waals surface area contributed by atoms with Gasteiger partial charge in [0.1, 0.15) is 11.6 Å². The molecule has 1 spiro atoms. The van der Waals surface area contributed by atoms with Crippen LogP contribution < -0.4 is 5.32 Å². The number of rotatable bonds is 4. The van der Waals surface area contributed by atoms with Crippen LogP contribution in [-0.4, -0.2) is 35.2 Å². The van der Waals surface area contributed by atoms with Crippen LogP contribution in [0, 0.1) is 20.8 Å². The standard InChI is InChI=1S/C21H27NO4S/c1-6-15(5)25-20(24)26-18-17(16-13(3)9-12(2)10-14(16)4)19(23)22-21(18)7-8-27-11-21/h9-10,15H,6-8,11H2,1-5H3,(H,22,23). The third kappa shape index (κ3) is 3.72. The SMILES string of the molecule is CCC(C)OC(=O)OC1=C(c2c(C)cc(C)cc2C)C(=O)NC12CCSC2. The van der Waals surface area contributed by atoms with Crippen molar-refractivity contribution in [3.63, 3.8) is 0 Å². The first kappa shape index (κ1) is 19.8. The van der Waals surface area contributed by atoms with Gasteiger partial charge in [-0.3, -0.25) is 4.79 Å². The van der Waals surface area contributed by atoms with Gasteiger partial charge in [-0.05, 0) is 63.0 Å². The van der Waals surface area contributed by atoms with E-state index < -0.39 is 11.7 Å². The quantitative estimate of drug-likeness (QED) is 0.779. The molecule has 2 heterocycles. The molecule has 5 nitrogen and oxygen atoms in total. The summed E-state index contributed by atoms with van der Waals surface area (Å²) in [4.78, 5) is 25.4. The van der Waals surface area contributed by atoms with Gasteiger partial charge in [-0.25, -0.2) is 4.79 Å². The number of thioether (sulfide) groups is 1. The highest BCUT2D eigenvalue weighted by molar-refractivity contribution is 7.99. The first-order valence-electron chi connectivity index (χ1n) is 9.39. The Labute approximate surface area is 164 Å². The highest BCUT2D eigenvalue weighted by Gasteiger charge is 2.50. The zero-order chi connectivity index (χ0) is 19.8. The molecule has 6 heteroatoms. The maximum Gasteiger partial charge on any atom is 0.513 e. The maximum atomic E-state index is 13.0. The fraction of sp³-hybridized carbons (Fsp3) is 0.524. The maximum absolute atomic E-state index is 13.0. The molecule has 2 atom stereocenters. The molecule has 1 aromatic rings. The van der Waals surface area contributed by atoms with E-state index in [4.69, 9.17) is 9.47 Å². The van der Waals surface area contributed by atoms with Gasteiger partial charge in [0.15, 0.2) is 5.76 Å². The Morgan fingerprint density at radius 1 is 1.30 bits per heavy atom. The summed E-state index contributed by atoms with van der Waals surface area (Å²) in [5.74, 6) is 1.84. The van der Waals surface area contributed by atoms with Gasteiger partial charge in [0.05, 0.1) is 5.57 Å². The molecule has 0 saturated carbocycles. The van der Waals surface area contributed by atoms with Crippen molar-refractivity contribution in [2.24, 2.45) is 0 Å². The van der Waals surface area contributed by atoms with Gasteiger partial charge < -0.3 is 14.8 Å². The molecule has 2 aliphatic heterocycles. The molecule has 1 amide bonds. The molecule has 0 bridgehead atoms. The monoisotopic (exact) mass is 389 g/mol. The van der Waals surface area contributed by atoms with Crippen molar-refractivity contribution in [1.29, 1.82) is 0 Å². The van der Waals surface area contributed by atoms with E-state index in [1.54, 1.807) is 11.8 Å². The van der Waals surface area contributed by atoms with E-state index in [1.165, 1.54) is 0 Å². The smallest absolute Gasteiger partial charge is 0.431 e. The summed E-state index contributed by atoms with van der Waals surface area (Å²) >= 11 is 1.75. The molecule has 0 aliphatic carbocycles. The lowest BCUT2D eigenvalue weighted by Gasteiger charge is -2.25. The van der Waals surface area contributed by atoms with Gasteiger partial charge in [-0.2, -0.15) is 11.8 Å². The number of aryl methyl sites for hydroxylation is 3. The van der Waals surface area contributed by atoms with E-state index >= 15 is 0 Å². The molecule has 1 aromatic carbocycles. The zero-order valence-corrected chi connectivity index (χ0v) is 17.4. The summed E-state index contributed by atoms with van der Waals surface area (Å²) in [5, 5.41) is 3.10. The van der Waals surface area contributed by atoms with E-state index in [9.17, 15) is 9.59 Å². The summed E-state index contributed by atoms with van der Waals surface area (Å²) < 4.78 is 11.0. The van der Waals surface area contributed by atoms with Crippen LogP contribution in [0.1, 0.15) is 48.9 Å². The van der Waals surface area contributed by atoms with Crippen LogP contribution in [0.15, 0.2) is 17.9 Å². The Morgan fingerprint density at radius 3 is 2.52 bits per heavy atom. The van der Waals surface area contributed by atoms with Crippen LogP contribution in [0.2, 0.25) is 0 Å². The topological polar surface area (TPSA) is 64.6 Å². The average molecular weight is 390 g/mol. The zero-order valence-electron chi connectivity index (χ0n) is 16.6. The molecule has 0 aromatic heterocycles. The third-order valence-electron chi connectivity index (χ3n) is 5.25. The Balaban J connectivity index is 2.10. The molecule has 0 radical (unpaired) electrons. The van der Waals surface area contributed by atoms with Crippen molar-refractivity contribution in [1.82, 2.24) is 5.32 Å². The van der Waals surface area contributed by atoms with Crippen molar-refractivity contribution in [2.75, 3.05) is 11.5 Å². The molecule has 2 unspecified atom stereocenters. The van der Waals surface area contributed by atoms with Gasteiger partial charge in [-0.1, -0.05) is 24.6 Å². The summed E-state index contributed by atoms with van der Waals surface area (Å²) in [6, 6.07) is 4.10. The minimum absolute atomic E-state index is 0.182. The predicted octanol–water partition coefficient (Wildman–Crippen LogP) is 4.28. The molecule has 146 valence electrons. The third-order valence-corrected chi connectivity index (χ3v) is 6.44. The first-order chi connectivity index (χ1) is 12.8. The Kier molecular flexibility index (Phi) is 5.56. The normalized spacial score (nSPS) is 22.9. The first-order valence-corrected chi connectivity index (χ1v) is 10.5. The number of hydrogen-bond acceptors (Lipinski definition) is 5. The van der Waals surface area contributed by atoms with E-state index in [1.807, 2.05) is 46.8 Å². The molecular formula is C21H27NO4S. The largest absolute Gasteiger partial charge is 0.513 e. The van der Waals surface area contributed by atoms with E-state index in [2.05, 4.69) is 5.32 Å². The molecule has 1 saturated heterocycles. The van der Waals surface area contributed by atoms with Crippen LogP contribution in [-0.2, 0) is 14.3 Å². The van der Waals surface area contributed by atoms with Gasteiger partial charge in [0, 0.05) is 5.75 Å². The van der Waals surface area contributed by atoms with Gasteiger partial charge in [-0.15, -0.1) is 0 Å². The number of amides is 1. The average Bonchev–Trinajstić information content (AvgIpc) is 3.14. The molecule has 2 aliphatic rings. The molecule has 1 fully saturated rings.